The molecule has 1 atom stereocenters. The molecule has 0 bridgehead atoms. The van der Waals surface area contributed by atoms with E-state index in [1.54, 1.807) is 14.0 Å². The van der Waals surface area contributed by atoms with E-state index < -0.39 is 0 Å². The molecule has 1 aromatic heterocycles. The first-order chi connectivity index (χ1) is 9.08. The zero-order chi connectivity index (χ0) is 14.0. The van der Waals surface area contributed by atoms with Gasteiger partial charge in [-0.15, -0.1) is 11.3 Å². The number of nitrogens with two attached hydrogens (primary N) is 1. The van der Waals surface area contributed by atoms with Crippen molar-refractivity contribution in [1.29, 1.82) is 0 Å². The monoisotopic (exact) mass is 282 g/mol. The molecule has 4 nitrogen and oxygen atoms in total. The first-order valence-electron chi connectivity index (χ1n) is 6.80. The summed E-state index contributed by atoms with van der Waals surface area (Å²) >= 11 is 1.46. The smallest absolute Gasteiger partial charge is 0.177 e. The molecule has 0 aliphatic carbocycles. The lowest BCUT2D eigenvalue weighted by atomic mass is 9.96. The van der Waals surface area contributed by atoms with Crippen molar-refractivity contribution in [2.24, 2.45) is 5.92 Å². The summed E-state index contributed by atoms with van der Waals surface area (Å²) < 4.78 is 5.42. The third-order valence-corrected chi connectivity index (χ3v) is 5.14. The maximum absolute atomic E-state index is 11.6. The molecule has 1 aromatic rings. The van der Waals surface area contributed by atoms with Gasteiger partial charge in [-0.2, -0.15) is 0 Å². The largest absolute Gasteiger partial charge is 0.492 e. The van der Waals surface area contributed by atoms with Gasteiger partial charge in [-0.05, 0) is 18.8 Å². The fourth-order valence-electron chi connectivity index (χ4n) is 2.67. The molecule has 2 rings (SSSR count). The summed E-state index contributed by atoms with van der Waals surface area (Å²) in [6, 6.07) is 0. The molecule has 0 amide bonds. The topological polar surface area (TPSA) is 55.6 Å². The van der Waals surface area contributed by atoms with Gasteiger partial charge in [0.25, 0.3) is 0 Å². The number of rotatable bonds is 4. The molecule has 0 saturated carbocycles. The van der Waals surface area contributed by atoms with Crippen molar-refractivity contribution >= 4 is 27.8 Å². The van der Waals surface area contributed by atoms with Crippen LogP contribution < -0.4 is 15.4 Å². The van der Waals surface area contributed by atoms with Crippen molar-refractivity contribution in [3.8, 4) is 5.75 Å². The van der Waals surface area contributed by atoms with Crippen LogP contribution in [0.5, 0.6) is 5.75 Å². The molecule has 1 aliphatic heterocycles. The Bertz CT molecular complexity index is 470. The van der Waals surface area contributed by atoms with E-state index in [9.17, 15) is 4.79 Å². The van der Waals surface area contributed by atoms with Gasteiger partial charge in [0.1, 0.15) is 5.00 Å². The molecule has 5 heteroatoms. The molecule has 1 saturated heterocycles. The molecule has 0 aromatic carbocycles. The Morgan fingerprint density at radius 3 is 2.89 bits per heavy atom. The number of Topliss-reactive ketones (excluding diaryl/α,β-unsaturated/α-hetero) is 1. The Morgan fingerprint density at radius 1 is 1.58 bits per heavy atom. The first-order valence-corrected chi connectivity index (χ1v) is 7.62. The quantitative estimate of drug-likeness (QED) is 0.862. The van der Waals surface area contributed by atoms with Crippen molar-refractivity contribution in [3.05, 3.63) is 4.88 Å². The van der Waals surface area contributed by atoms with Gasteiger partial charge in [0.15, 0.2) is 11.5 Å². The molecule has 2 heterocycles. The lowest BCUT2D eigenvalue weighted by molar-refractivity contribution is 0.102. The molecular formula is C14H22N2O2S. The maximum Gasteiger partial charge on any atom is 0.177 e. The standard InChI is InChI=1S/C14H22N2O2S/c1-4-10-6-5-7-16(8-10)14-12(18-3)11(15)13(19-14)9(2)17/h10H,4-8,15H2,1-3H3. The van der Waals surface area contributed by atoms with Crippen molar-refractivity contribution < 1.29 is 9.53 Å². The number of hydrogen-bond donors (Lipinski definition) is 1. The van der Waals surface area contributed by atoms with E-state index in [-0.39, 0.29) is 5.78 Å². The number of nitrogens with zero attached hydrogens (tertiary/aromatic N) is 1. The molecule has 1 fully saturated rings. The maximum atomic E-state index is 11.6. The number of carbonyl (C=O) groups is 1. The third kappa shape index (κ3) is 2.71. The van der Waals surface area contributed by atoms with E-state index in [1.165, 1.54) is 30.6 Å². The second kappa shape index (κ2) is 5.82. The predicted molar refractivity (Wildman–Crippen MR) is 80.5 cm³/mol. The third-order valence-electron chi connectivity index (χ3n) is 3.79. The molecular weight excluding hydrogens is 260 g/mol. The van der Waals surface area contributed by atoms with E-state index in [0.717, 1.165) is 24.0 Å². The van der Waals surface area contributed by atoms with Crippen LogP contribution in [0.25, 0.3) is 0 Å². The van der Waals surface area contributed by atoms with Crippen molar-refractivity contribution in [2.45, 2.75) is 33.1 Å². The minimum Gasteiger partial charge on any atom is -0.492 e. The molecule has 1 unspecified atom stereocenters. The van der Waals surface area contributed by atoms with Crippen LogP contribution in [0.3, 0.4) is 0 Å². The number of nitrogen functional groups attached to an aromatic ring is 1. The van der Waals surface area contributed by atoms with Crippen LogP contribution >= 0.6 is 11.3 Å². The highest BCUT2D eigenvalue weighted by atomic mass is 32.1. The first kappa shape index (κ1) is 14.2. The van der Waals surface area contributed by atoms with Gasteiger partial charge in [0.2, 0.25) is 0 Å². The zero-order valence-electron chi connectivity index (χ0n) is 11.9. The summed E-state index contributed by atoms with van der Waals surface area (Å²) in [6.45, 7) is 5.83. The highest BCUT2D eigenvalue weighted by Gasteiger charge is 2.27. The fraction of sp³-hybridized carbons (Fsp3) is 0.643. The van der Waals surface area contributed by atoms with E-state index >= 15 is 0 Å². The molecule has 0 spiro atoms. The number of anilines is 2. The van der Waals surface area contributed by atoms with Crippen LogP contribution in [0.15, 0.2) is 0 Å². The van der Waals surface area contributed by atoms with Crippen LogP contribution in [0, 0.1) is 5.92 Å². The summed E-state index contributed by atoms with van der Waals surface area (Å²) in [7, 11) is 1.62. The minimum atomic E-state index is 0.0103. The highest BCUT2D eigenvalue weighted by molar-refractivity contribution is 7.19. The van der Waals surface area contributed by atoms with Gasteiger partial charge < -0.3 is 15.4 Å². The predicted octanol–water partition coefficient (Wildman–Crippen LogP) is 3.17. The molecule has 19 heavy (non-hydrogen) atoms. The molecule has 2 N–H and O–H groups in total. The lowest BCUT2D eigenvalue weighted by Gasteiger charge is -2.33. The summed E-state index contributed by atoms with van der Waals surface area (Å²) in [5.74, 6) is 1.41. The van der Waals surface area contributed by atoms with E-state index in [0.29, 0.717) is 16.3 Å². The summed E-state index contributed by atoms with van der Waals surface area (Å²) in [6.07, 6.45) is 3.67. The van der Waals surface area contributed by atoms with Gasteiger partial charge in [-0.25, -0.2) is 0 Å². The number of ketones is 1. The second-order valence-corrected chi connectivity index (χ2v) is 6.10. The van der Waals surface area contributed by atoms with E-state index in [1.807, 2.05) is 0 Å². The Kier molecular flexibility index (Phi) is 4.34. The Labute approximate surface area is 118 Å². The van der Waals surface area contributed by atoms with Crippen LogP contribution in [0.1, 0.15) is 42.8 Å². The Balaban J connectivity index is 2.33. The lowest BCUT2D eigenvalue weighted by Crippen LogP contribution is -2.34. The van der Waals surface area contributed by atoms with Crippen molar-refractivity contribution in [2.75, 3.05) is 30.8 Å². The normalized spacial score (nSPS) is 19.5. The SMILES string of the molecule is CCC1CCCN(c2sc(C(C)=O)c(N)c2OC)C1. The molecule has 1 aliphatic rings. The van der Waals surface area contributed by atoms with Crippen molar-refractivity contribution in [1.82, 2.24) is 0 Å². The minimum absolute atomic E-state index is 0.0103. The Morgan fingerprint density at radius 2 is 2.32 bits per heavy atom. The van der Waals surface area contributed by atoms with Crippen LogP contribution in [-0.4, -0.2) is 26.0 Å². The van der Waals surface area contributed by atoms with Gasteiger partial charge in [-0.3, -0.25) is 4.79 Å². The fourth-order valence-corrected chi connectivity index (χ4v) is 3.79. The number of thiophene rings is 1. The van der Waals surface area contributed by atoms with Gasteiger partial charge in [0.05, 0.1) is 17.7 Å². The molecule has 106 valence electrons. The summed E-state index contributed by atoms with van der Waals surface area (Å²) in [5, 5.41) is 1.02. The van der Waals surface area contributed by atoms with E-state index in [2.05, 4.69) is 11.8 Å². The Hall–Kier alpha value is -1.23. The second-order valence-electron chi connectivity index (χ2n) is 5.10. The van der Waals surface area contributed by atoms with Gasteiger partial charge in [0, 0.05) is 20.0 Å². The number of piperidine rings is 1. The number of carbonyl (C=O) groups excluding carboxylic acids is 1. The van der Waals surface area contributed by atoms with Gasteiger partial charge in [-0.1, -0.05) is 13.3 Å². The number of methoxy groups -OCH3 is 1. The zero-order valence-corrected chi connectivity index (χ0v) is 12.7. The van der Waals surface area contributed by atoms with Crippen LogP contribution in [-0.2, 0) is 0 Å². The van der Waals surface area contributed by atoms with Crippen LogP contribution in [0.2, 0.25) is 0 Å². The summed E-state index contributed by atoms with van der Waals surface area (Å²) in [4.78, 5) is 14.5. The number of ether oxygens (including phenoxy) is 1. The highest BCUT2D eigenvalue weighted by Crippen LogP contribution is 2.46. The van der Waals surface area contributed by atoms with Gasteiger partial charge >= 0.3 is 0 Å². The average molecular weight is 282 g/mol. The van der Waals surface area contributed by atoms with Crippen molar-refractivity contribution in [3.63, 3.8) is 0 Å². The van der Waals surface area contributed by atoms with E-state index in [4.69, 9.17) is 10.5 Å². The number of hydrogen-bond acceptors (Lipinski definition) is 5. The summed E-state index contributed by atoms with van der Waals surface area (Å²) in [5.41, 5.74) is 6.52. The van der Waals surface area contributed by atoms with Crippen LogP contribution in [0.4, 0.5) is 10.7 Å². The molecule has 0 radical (unpaired) electrons. The average Bonchev–Trinajstić information content (AvgIpc) is 2.75.